The van der Waals surface area contributed by atoms with Crippen LogP contribution in [0.4, 0.5) is 0 Å². The van der Waals surface area contributed by atoms with E-state index in [0.29, 0.717) is 6.54 Å². The van der Waals surface area contributed by atoms with E-state index in [1.54, 1.807) is 7.05 Å². The minimum Gasteiger partial charge on any atom is -0.356 e. The first-order valence-corrected chi connectivity index (χ1v) is 7.24. The zero-order valence-corrected chi connectivity index (χ0v) is 15.5. The second-order valence-electron chi connectivity index (χ2n) is 4.55. The number of hydrogen-bond donors (Lipinski definition) is 2. The van der Waals surface area contributed by atoms with Crippen LogP contribution >= 0.6 is 35.6 Å². The van der Waals surface area contributed by atoms with Crippen LogP contribution < -0.4 is 10.6 Å². The Morgan fingerprint density at radius 2 is 2.05 bits per heavy atom. The number of nitrogens with one attached hydrogen (secondary N) is 2. The zero-order valence-electron chi connectivity index (χ0n) is 12.4. The van der Waals surface area contributed by atoms with Crippen molar-refractivity contribution in [2.45, 2.75) is 13.0 Å². The summed E-state index contributed by atoms with van der Waals surface area (Å²) in [6.07, 6.45) is 2.67. The number of halogens is 2. The first-order valence-electron chi connectivity index (χ1n) is 6.87. The van der Waals surface area contributed by atoms with E-state index in [1.165, 1.54) is 0 Å². The van der Waals surface area contributed by atoms with Gasteiger partial charge in [-0.25, -0.2) is 0 Å². The second-order valence-corrected chi connectivity index (χ2v) is 4.99. The molecular weight excluding hydrogens is 411 g/mol. The predicted molar refractivity (Wildman–Crippen MR) is 103 cm³/mol. The molecular formula is C16H20ClIN4. The summed E-state index contributed by atoms with van der Waals surface area (Å²) in [4.78, 5) is 8.49. The highest BCUT2D eigenvalue weighted by Gasteiger charge is 1.99. The zero-order chi connectivity index (χ0) is 14.9. The topological polar surface area (TPSA) is 49.3 Å². The van der Waals surface area contributed by atoms with Gasteiger partial charge < -0.3 is 10.6 Å². The molecule has 2 rings (SSSR count). The molecule has 4 nitrogen and oxygen atoms in total. The Kier molecular flexibility index (Phi) is 8.84. The highest BCUT2D eigenvalue weighted by Crippen LogP contribution is 2.10. The van der Waals surface area contributed by atoms with Gasteiger partial charge in [0.1, 0.15) is 0 Å². The first kappa shape index (κ1) is 18.7. The minimum atomic E-state index is 0. The minimum absolute atomic E-state index is 0. The van der Waals surface area contributed by atoms with E-state index in [9.17, 15) is 0 Å². The molecule has 1 heterocycles. The van der Waals surface area contributed by atoms with Crippen LogP contribution in [0.25, 0.3) is 0 Å². The molecule has 2 N–H and O–H groups in total. The van der Waals surface area contributed by atoms with Crippen LogP contribution in [-0.4, -0.2) is 24.5 Å². The standard InChI is InChI=1S/C16H19ClN4.HI/c1-18-16(20-10-8-15-7-2-3-9-19-15)21-12-13-5-4-6-14(17)11-13;/h2-7,9,11H,8,10,12H2,1H3,(H2,18,20,21);1H. The number of benzene rings is 1. The summed E-state index contributed by atoms with van der Waals surface area (Å²) in [6, 6.07) is 13.7. The maximum atomic E-state index is 5.96. The van der Waals surface area contributed by atoms with Crippen molar-refractivity contribution in [1.82, 2.24) is 15.6 Å². The monoisotopic (exact) mass is 430 g/mol. The van der Waals surface area contributed by atoms with Crippen LogP contribution in [0.15, 0.2) is 53.7 Å². The Labute approximate surface area is 153 Å². The van der Waals surface area contributed by atoms with Crippen LogP contribution in [0, 0.1) is 0 Å². The van der Waals surface area contributed by atoms with Crippen molar-refractivity contribution in [1.29, 1.82) is 0 Å². The summed E-state index contributed by atoms with van der Waals surface area (Å²) in [7, 11) is 1.76. The fourth-order valence-electron chi connectivity index (χ4n) is 1.91. The third kappa shape index (κ3) is 6.62. The molecule has 0 saturated heterocycles. The van der Waals surface area contributed by atoms with Crippen LogP contribution in [0.1, 0.15) is 11.3 Å². The van der Waals surface area contributed by atoms with Gasteiger partial charge in [-0.15, -0.1) is 24.0 Å². The molecule has 0 fully saturated rings. The average molecular weight is 431 g/mol. The Bertz CT molecular complexity index is 590. The molecule has 0 aliphatic rings. The quantitative estimate of drug-likeness (QED) is 0.435. The van der Waals surface area contributed by atoms with E-state index in [-0.39, 0.29) is 24.0 Å². The molecule has 0 saturated carbocycles. The first-order chi connectivity index (χ1) is 10.3. The van der Waals surface area contributed by atoms with Crippen LogP contribution in [0.2, 0.25) is 5.02 Å². The number of nitrogens with zero attached hydrogens (tertiary/aromatic N) is 2. The number of hydrogen-bond acceptors (Lipinski definition) is 2. The predicted octanol–water partition coefficient (Wildman–Crippen LogP) is 3.26. The van der Waals surface area contributed by atoms with Crippen molar-refractivity contribution in [2.24, 2.45) is 4.99 Å². The second kappa shape index (κ2) is 10.4. The molecule has 0 radical (unpaired) electrons. The van der Waals surface area contributed by atoms with Crippen molar-refractivity contribution in [3.63, 3.8) is 0 Å². The van der Waals surface area contributed by atoms with Gasteiger partial charge in [0, 0.05) is 43.5 Å². The molecule has 0 unspecified atom stereocenters. The van der Waals surface area contributed by atoms with E-state index < -0.39 is 0 Å². The van der Waals surface area contributed by atoms with Gasteiger partial charge in [-0.1, -0.05) is 29.8 Å². The van der Waals surface area contributed by atoms with Crippen LogP contribution in [0.5, 0.6) is 0 Å². The van der Waals surface area contributed by atoms with Crippen LogP contribution in [-0.2, 0) is 13.0 Å². The Balaban J connectivity index is 0.00000242. The van der Waals surface area contributed by atoms with Crippen molar-refractivity contribution in [2.75, 3.05) is 13.6 Å². The molecule has 0 amide bonds. The SMILES string of the molecule is CN=C(NCCc1ccccn1)NCc1cccc(Cl)c1.I. The fraction of sp³-hybridized carbons (Fsp3) is 0.250. The largest absolute Gasteiger partial charge is 0.356 e. The van der Waals surface area contributed by atoms with Crippen LogP contribution in [0.3, 0.4) is 0 Å². The maximum Gasteiger partial charge on any atom is 0.191 e. The highest BCUT2D eigenvalue weighted by molar-refractivity contribution is 14.0. The molecule has 22 heavy (non-hydrogen) atoms. The molecule has 2 aromatic rings. The van der Waals surface area contributed by atoms with Gasteiger partial charge >= 0.3 is 0 Å². The molecule has 118 valence electrons. The maximum absolute atomic E-state index is 5.96. The number of guanidine groups is 1. The number of aliphatic imine (C=N–C) groups is 1. The third-order valence-electron chi connectivity index (χ3n) is 2.97. The molecule has 6 heteroatoms. The Morgan fingerprint density at radius 3 is 2.73 bits per heavy atom. The van der Waals surface area contributed by atoms with E-state index in [4.69, 9.17) is 11.6 Å². The van der Waals surface area contributed by atoms with Crippen molar-refractivity contribution in [3.8, 4) is 0 Å². The summed E-state index contributed by atoms with van der Waals surface area (Å²) in [6.45, 7) is 1.47. The lowest BCUT2D eigenvalue weighted by molar-refractivity contribution is 0.784. The van der Waals surface area contributed by atoms with E-state index in [1.807, 2.05) is 48.7 Å². The third-order valence-corrected chi connectivity index (χ3v) is 3.21. The van der Waals surface area contributed by atoms with Gasteiger partial charge in [-0.2, -0.15) is 0 Å². The van der Waals surface area contributed by atoms with E-state index in [0.717, 1.165) is 35.2 Å². The van der Waals surface area contributed by atoms with Gasteiger partial charge in [-0.3, -0.25) is 9.98 Å². The smallest absolute Gasteiger partial charge is 0.191 e. The van der Waals surface area contributed by atoms with Crippen molar-refractivity contribution >= 4 is 41.5 Å². The summed E-state index contributed by atoms with van der Waals surface area (Å²) >= 11 is 5.96. The molecule has 1 aromatic carbocycles. The lowest BCUT2D eigenvalue weighted by atomic mass is 10.2. The molecule has 0 aliphatic heterocycles. The van der Waals surface area contributed by atoms with E-state index in [2.05, 4.69) is 20.6 Å². The number of aromatic nitrogens is 1. The highest BCUT2D eigenvalue weighted by atomic mass is 127. The lowest BCUT2D eigenvalue weighted by Gasteiger charge is -2.12. The van der Waals surface area contributed by atoms with Gasteiger partial charge in [0.05, 0.1) is 0 Å². The summed E-state index contributed by atoms with van der Waals surface area (Å²) in [5, 5.41) is 7.27. The molecule has 0 atom stereocenters. The van der Waals surface area contributed by atoms with Gasteiger partial charge in [0.15, 0.2) is 5.96 Å². The Hall–Kier alpha value is -1.34. The molecule has 0 spiro atoms. The molecule has 1 aromatic heterocycles. The number of rotatable bonds is 5. The van der Waals surface area contributed by atoms with Crippen molar-refractivity contribution in [3.05, 3.63) is 64.9 Å². The number of pyridine rings is 1. The van der Waals surface area contributed by atoms with Gasteiger partial charge in [0.25, 0.3) is 0 Å². The summed E-state index contributed by atoms with van der Waals surface area (Å²) < 4.78 is 0. The molecule has 0 bridgehead atoms. The molecule has 0 aliphatic carbocycles. The van der Waals surface area contributed by atoms with E-state index >= 15 is 0 Å². The average Bonchev–Trinajstić information content (AvgIpc) is 2.52. The van der Waals surface area contributed by atoms with Gasteiger partial charge in [-0.05, 0) is 29.8 Å². The summed E-state index contributed by atoms with van der Waals surface area (Å²) in [5.74, 6) is 0.769. The van der Waals surface area contributed by atoms with Gasteiger partial charge in [0.2, 0.25) is 0 Å². The normalized spacial score (nSPS) is 10.7. The summed E-state index contributed by atoms with van der Waals surface area (Å²) in [5.41, 5.74) is 2.19. The Morgan fingerprint density at radius 1 is 1.18 bits per heavy atom. The fourth-order valence-corrected chi connectivity index (χ4v) is 2.12. The van der Waals surface area contributed by atoms with Crippen molar-refractivity contribution < 1.29 is 0 Å². The lowest BCUT2D eigenvalue weighted by Crippen LogP contribution is -2.37.